The Bertz CT molecular complexity index is 577. The maximum absolute atomic E-state index is 13.9. The van der Waals surface area contributed by atoms with Crippen molar-refractivity contribution in [3.8, 4) is 0 Å². The summed E-state index contributed by atoms with van der Waals surface area (Å²) in [5.74, 6) is -0.329. The van der Waals surface area contributed by atoms with Gasteiger partial charge in [-0.05, 0) is 6.07 Å². The summed E-state index contributed by atoms with van der Waals surface area (Å²) in [4.78, 5) is 11.4. The lowest BCUT2D eigenvalue weighted by molar-refractivity contribution is 0.619. The Hall–Kier alpha value is -1.16. The molecule has 0 aliphatic heterocycles. The first-order valence-electron chi connectivity index (χ1n) is 4.48. The molecule has 1 aromatic carbocycles. The molecule has 15 heavy (non-hydrogen) atoms. The topological polar surface area (TPSA) is 22.0 Å². The molecule has 2 rings (SSSR count). The second-order valence-corrected chi connectivity index (χ2v) is 3.90. The van der Waals surface area contributed by atoms with Crippen LogP contribution in [0.2, 0.25) is 0 Å². The molecule has 4 heteroatoms. The molecule has 0 saturated carbocycles. The van der Waals surface area contributed by atoms with Gasteiger partial charge in [0.1, 0.15) is 0 Å². The Balaban J connectivity index is 2.96. The minimum Gasteiger partial charge on any atom is -0.309 e. The van der Waals surface area contributed by atoms with Crippen molar-refractivity contribution in [2.45, 2.75) is 5.33 Å². The fourth-order valence-electron chi connectivity index (χ4n) is 1.58. The highest BCUT2D eigenvalue weighted by Gasteiger charge is 2.09. The highest BCUT2D eigenvalue weighted by molar-refractivity contribution is 9.08. The van der Waals surface area contributed by atoms with Crippen molar-refractivity contribution >= 4 is 26.8 Å². The minimum absolute atomic E-state index is 0.201. The molecule has 0 saturated heterocycles. The molecule has 0 radical (unpaired) electrons. The SMILES string of the molecule is Cn1c(=O)ccc2ccc(CBr)c(F)c21. The molecule has 0 amide bonds. The van der Waals surface area contributed by atoms with E-state index in [0.29, 0.717) is 16.4 Å². The Morgan fingerprint density at radius 1 is 1.33 bits per heavy atom. The Kier molecular flexibility index (Phi) is 2.61. The molecule has 0 spiro atoms. The predicted octanol–water partition coefficient (Wildman–Crippen LogP) is 2.57. The molecule has 0 unspecified atom stereocenters. The van der Waals surface area contributed by atoms with Crippen LogP contribution in [0, 0.1) is 5.82 Å². The van der Waals surface area contributed by atoms with E-state index in [1.807, 2.05) is 6.07 Å². The number of aromatic nitrogens is 1. The third-order valence-electron chi connectivity index (χ3n) is 2.44. The number of pyridine rings is 1. The number of hydrogen-bond donors (Lipinski definition) is 0. The Morgan fingerprint density at radius 2 is 2.00 bits per heavy atom. The zero-order valence-electron chi connectivity index (χ0n) is 8.13. The monoisotopic (exact) mass is 269 g/mol. The van der Waals surface area contributed by atoms with Crippen molar-refractivity contribution in [3.63, 3.8) is 0 Å². The lowest BCUT2D eigenvalue weighted by Gasteiger charge is -2.07. The van der Waals surface area contributed by atoms with Gasteiger partial charge in [0.05, 0.1) is 5.52 Å². The standard InChI is InChI=1S/C11H9BrFNO/c1-14-9(15)5-4-7-2-3-8(6-12)10(13)11(7)14/h2-5H,6H2,1H3. The van der Waals surface area contributed by atoms with Crippen molar-refractivity contribution in [1.82, 2.24) is 4.57 Å². The molecule has 0 atom stereocenters. The lowest BCUT2D eigenvalue weighted by Crippen LogP contribution is -2.16. The quantitative estimate of drug-likeness (QED) is 0.730. The predicted molar refractivity (Wildman–Crippen MR) is 61.8 cm³/mol. The van der Waals surface area contributed by atoms with E-state index in [4.69, 9.17) is 0 Å². The van der Waals surface area contributed by atoms with Crippen LogP contribution in [0.3, 0.4) is 0 Å². The van der Waals surface area contributed by atoms with Gasteiger partial charge in [-0.2, -0.15) is 0 Å². The van der Waals surface area contributed by atoms with E-state index in [9.17, 15) is 9.18 Å². The Labute approximate surface area is 94.5 Å². The van der Waals surface area contributed by atoms with E-state index in [1.54, 1.807) is 19.2 Å². The molecule has 0 bridgehead atoms. The fraction of sp³-hybridized carbons (Fsp3) is 0.182. The second-order valence-electron chi connectivity index (χ2n) is 3.34. The molecule has 1 heterocycles. The summed E-state index contributed by atoms with van der Waals surface area (Å²) >= 11 is 3.21. The fourth-order valence-corrected chi connectivity index (χ4v) is 2.02. The normalized spacial score (nSPS) is 10.9. The van der Waals surface area contributed by atoms with Gasteiger partial charge in [0, 0.05) is 29.4 Å². The molecule has 0 aliphatic carbocycles. The largest absolute Gasteiger partial charge is 0.309 e. The number of rotatable bonds is 1. The van der Waals surface area contributed by atoms with Crippen LogP contribution in [0.1, 0.15) is 5.56 Å². The molecule has 0 aliphatic rings. The van der Waals surface area contributed by atoms with Gasteiger partial charge in [-0.1, -0.05) is 28.1 Å². The van der Waals surface area contributed by atoms with Crippen molar-refractivity contribution in [2.75, 3.05) is 0 Å². The third kappa shape index (κ3) is 1.59. The number of fused-ring (bicyclic) bond motifs is 1. The molecule has 2 aromatic rings. The van der Waals surface area contributed by atoms with Crippen LogP contribution in [-0.2, 0) is 12.4 Å². The molecule has 1 aromatic heterocycles. The maximum Gasteiger partial charge on any atom is 0.250 e. The molecule has 2 nitrogen and oxygen atoms in total. The van der Waals surface area contributed by atoms with E-state index in [0.717, 1.165) is 5.39 Å². The number of benzene rings is 1. The number of aryl methyl sites for hydroxylation is 1. The summed E-state index contributed by atoms with van der Waals surface area (Å²) < 4.78 is 15.3. The first-order chi connectivity index (χ1) is 7.15. The van der Waals surface area contributed by atoms with E-state index < -0.39 is 0 Å². The van der Waals surface area contributed by atoms with Gasteiger partial charge in [0.25, 0.3) is 5.56 Å². The van der Waals surface area contributed by atoms with Crippen LogP contribution < -0.4 is 5.56 Å². The zero-order valence-corrected chi connectivity index (χ0v) is 9.71. The summed E-state index contributed by atoms with van der Waals surface area (Å²) in [7, 11) is 1.58. The molecule has 0 N–H and O–H groups in total. The van der Waals surface area contributed by atoms with E-state index >= 15 is 0 Å². The Morgan fingerprint density at radius 3 is 2.67 bits per heavy atom. The summed E-state index contributed by atoms with van der Waals surface area (Å²) in [6, 6.07) is 6.61. The zero-order chi connectivity index (χ0) is 11.0. The third-order valence-corrected chi connectivity index (χ3v) is 3.05. The highest BCUT2D eigenvalue weighted by Crippen LogP contribution is 2.20. The summed E-state index contributed by atoms with van der Waals surface area (Å²) in [6.07, 6.45) is 0. The van der Waals surface area contributed by atoms with Crippen molar-refractivity contribution in [2.24, 2.45) is 7.05 Å². The van der Waals surface area contributed by atoms with Crippen LogP contribution >= 0.6 is 15.9 Å². The van der Waals surface area contributed by atoms with E-state index in [-0.39, 0.29) is 11.4 Å². The first-order valence-corrected chi connectivity index (χ1v) is 5.60. The number of nitrogens with zero attached hydrogens (tertiary/aromatic N) is 1. The number of hydrogen-bond acceptors (Lipinski definition) is 1. The van der Waals surface area contributed by atoms with Crippen molar-refractivity contribution in [3.05, 3.63) is 46.0 Å². The molecule has 78 valence electrons. The summed E-state index contributed by atoms with van der Waals surface area (Å²) in [6.45, 7) is 0. The second kappa shape index (κ2) is 3.77. The average Bonchev–Trinajstić information content (AvgIpc) is 2.24. The van der Waals surface area contributed by atoms with Crippen molar-refractivity contribution in [1.29, 1.82) is 0 Å². The smallest absolute Gasteiger partial charge is 0.250 e. The summed E-state index contributed by atoms with van der Waals surface area (Å²) in [5, 5.41) is 1.18. The van der Waals surface area contributed by atoms with Gasteiger partial charge in [0.2, 0.25) is 0 Å². The lowest BCUT2D eigenvalue weighted by atomic mass is 10.1. The molecular weight excluding hydrogens is 261 g/mol. The van der Waals surface area contributed by atoms with E-state index in [1.165, 1.54) is 10.6 Å². The van der Waals surface area contributed by atoms with Gasteiger partial charge >= 0.3 is 0 Å². The molecular formula is C11H9BrFNO. The summed E-state index contributed by atoms with van der Waals surface area (Å²) in [5.41, 5.74) is 0.719. The van der Waals surface area contributed by atoms with Crippen LogP contribution in [0.4, 0.5) is 4.39 Å². The minimum atomic E-state index is -0.329. The van der Waals surface area contributed by atoms with Crippen LogP contribution in [0.15, 0.2) is 29.1 Å². The van der Waals surface area contributed by atoms with Crippen LogP contribution in [-0.4, -0.2) is 4.57 Å². The molecule has 0 fully saturated rings. The maximum atomic E-state index is 13.9. The van der Waals surface area contributed by atoms with Gasteiger partial charge in [0.15, 0.2) is 5.82 Å². The number of halogens is 2. The van der Waals surface area contributed by atoms with Gasteiger partial charge in [-0.25, -0.2) is 4.39 Å². The van der Waals surface area contributed by atoms with Crippen LogP contribution in [0.25, 0.3) is 10.9 Å². The highest BCUT2D eigenvalue weighted by atomic mass is 79.9. The van der Waals surface area contributed by atoms with Crippen LogP contribution in [0.5, 0.6) is 0 Å². The van der Waals surface area contributed by atoms with E-state index in [2.05, 4.69) is 15.9 Å². The van der Waals surface area contributed by atoms with Gasteiger partial charge < -0.3 is 4.57 Å². The van der Waals surface area contributed by atoms with Gasteiger partial charge in [-0.15, -0.1) is 0 Å². The van der Waals surface area contributed by atoms with Gasteiger partial charge in [-0.3, -0.25) is 4.79 Å². The number of alkyl halides is 1. The average molecular weight is 270 g/mol. The first kappa shape index (κ1) is 10.4. The van der Waals surface area contributed by atoms with Crippen molar-refractivity contribution < 1.29 is 4.39 Å².